The molecule has 0 spiro atoms. The first-order chi connectivity index (χ1) is 10.5. The maximum absolute atomic E-state index is 12.9. The van der Waals surface area contributed by atoms with E-state index in [0.29, 0.717) is 18.8 Å². The van der Waals surface area contributed by atoms with Crippen LogP contribution in [0.2, 0.25) is 0 Å². The van der Waals surface area contributed by atoms with Crippen molar-refractivity contribution in [3.8, 4) is 0 Å². The van der Waals surface area contributed by atoms with Crippen LogP contribution in [0.25, 0.3) is 0 Å². The molecule has 1 atom stereocenters. The fourth-order valence-electron chi connectivity index (χ4n) is 2.51. The molecule has 1 saturated heterocycles. The number of amides is 3. The average Bonchev–Trinajstić information content (AvgIpc) is 2.49. The molecule has 1 heterocycles. The fraction of sp³-hybridized carbons (Fsp3) is 0.500. The number of benzene rings is 1. The van der Waals surface area contributed by atoms with E-state index in [4.69, 9.17) is 0 Å². The smallest absolute Gasteiger partial charge is 0.321 e. The molecule has 0 aromatic heterocycles. The summed E-state index contributed by atoms with van der Waals surface area (Å²) in [5, 5.41) is 5.62. The van der Waals surface area contributed by atoms with Crippen molar-refractivity contribution in [1.82, 2.24) is 10.2 Å². The number of likely N-dealkylation sites (tertiary alicyclic amines) is 1. The largest absolute Gasteiger partial charge is 0.354 e. The number of piperidine rings is 1. The molecule has 22 heavy (non-hydrogen) atoms. The molecule has 0 bridgehead atoms. The van der Waals surface area contributed by atoms with Crippen molar-refractivity contribution < 1.29 is 14.0 Å². The van der Waals surface area contributed by atoms with Crippen molar-refractivity contribution in [1.29, 1.82) is 0 Å². The highest BCUT2D eigenvalue weighted by atomic mass is 19.1. The van der Waals surface area contributed by atoms with Gasteiger partial charge in [0.25, 0.3) is 0 Å². The first-order valence-corrected chi connectivity index (χ1v) is 7.57. The van der Waals surface area contributed by atoms with E-state index >= 15 is 0 Å². The van der Waals surface area contributed by atoms with Gasteiger partial charge in [0, 0.05) is 24.8 Å². The number of anilines is 1. The SMILES string of the molecule is CC(C)NC(=O)[C@H]1CCCN(C(=O)Nc2ccc(F)cc2)C1. The Bertz CT molecular complexity index is 531. The Balaban J connectivity index is 1.92. The van der Waals surface area contributed by atoms with Gasteiger partial charge in [-0.3, -0.25) is 4.79 Å². The van der Waals surface area contributed by atoms with Crippen LogP contribution in [0.3, 0.4) is 0 Å². The molecular weight excluding hydrogens is 285 g/mol. The van der Waals surface area contributed by atoms with E-state index in [2.05, 4.69) is 10.6 Å². The van der Waals surface area contributed by atoms with Crippen LogP contribution < -0.4 is 10.6 Å². The van der Waals surface area contributed by atoms with Gasteiger partial charge in [-0.05, 0) is 51.0 Å². The third-order valence-corrected chi connectivity index (χ3v) is 3.61. The zero-order chi connectivity index (χ0) is 16.1. The van der Waals surface area contributed by atoms with Crippen LogP contribution >= 0.6 is 0 Å². The lowest BCUT2D eigenvalue weighted by atomic mass is 9.97. The van der Waals surface area contributed by atoms with Crippen LogP contribution in [0.5, 0.6) is 0 Å². The molecule has 0 unspecified atom stereocenters. The Labute approximate surface area is 129 Å². The van der Waals surface area contributed by atoms with Crippen LogP contribution in [0.4, 0.5) is 14.9 Å². The highest BCUT2D eigenvalue weighted by molar-refractivity contribution is 5.90. The minimum Gasteiger partial charge on any atom is -0.354 e. The van der Waals surface area contributed by atoms with Crippen LogP contribution in [0, 0.1) is 11.7 Å². The molecule has 2 N–H and O–H groups in total. The summed E-state index contributed by atoms with van der Waals surface area (Å²) in [6.07, 6.45) is 1.59. The van der Waals surface area contributed by atoms with Crippen molar-refractivity contribution in [3.63, 3.8) is 0 Å². The number of hydrogen-bond donors (Lipinski definition) is 2. The number of urea groups is 1. The summed E-state index contributed by atoms with van der Waals surface area (Å²) in [6.45, 7) is 4.86. The van der Waals surface area contributed by atoms with E-state index in [1.54, 1.807) is 4.90 Å². The Kier molecular flexibility index (Phi) is 5.35. The number of hydrogen-bond acceptors (Lipinski definition) is 2. The lowest BCUT2D eigenvalue weighted by Gasteiger charge is -2.32. The average molecular weight is 307 g/mol. The predicted octanol–water partition coefficient (Wildman–Crippen LogP) is 2.59. The van der Waals surface area contributed by atoms with Crippen LogP contribution in [-0.4, -0.2) is 36.0 Å². The molecule has 1 aromatic carbocycles. The first-order valence-electron chi connectivity index (χ1n) is 7.57. The Hall–Kier alpha value is -2.11. The van der Waals surface area contributed by atoms with Gasteiger partial charge in [-0.2, -0.15) is 0 Å². The van der Waals surface area contributed by atoms with E-state index in [9.17, 15) is 14.0 Å². The van der Waals surface area contributed by atoms with E-state index in [0.717, 1.165) is 12.8 Å². The van der Waals surface area contributed by atoms with Crippen molar-refractivity contribution in [2.24, 2.45) is 5.92 Å². The number of nitrogens with zero attached hydrogens (tertiary/aromatic N) is 1. The summed E-state index contributed by atoms with van der Waals surface area (Å²) >= 11 is 0. The van der Waals surface area contributed by atoms with Gasteiger partial charge in [-0.25, -0.2) is 9.18 Å². The zero-order valence-electron chi connectivity index (χ0n) is 12.9. The van der Waals surface area contributed by atoms with Crippen LogP contribution in [0.15, 0.2) is 24.3 Å². The molecular formula is C16H22FN3O2. The molecule has 3 amide bonds. The fourth-order valence-corrected chi connectivity index (χ4v) is 2.51. The quantitative estimate of drug-likeness (QED) is 0.901. The lowest BCUT2D eigenvalue weighted by molar-refractivity contribution is -0.126. The molecule has 1 aliphatic heterocycles. The Morgan fingerprint density at radius 1 is 1.27 bits per heavy atom. The second kappa shape index (κ2) is 7.24. The monoisotopic (exact) mass is 307 g/mol. The topological polar surface area (TPSA) is 61.4 Å². The van der Waals surface area contributed by atoms with Gasteiger partial charge in [0.1, 0.15) is 5.82 Å². The molecule has 2 rings (SSSR count). The summed E-state index contributed by atoms with van der Waals surface area (Å²) in [7, 11) is 0. The molecule has 5 nitrogen and oxygen atoms in total. The lowest BCUT2D eigenvalue weighted by Crippen LogP contribution is -2.47. The molecule has 0 aliphatic carbocycles. The van der Waals surface area contributed by atoms with Crippen molar-refractivity contribution in [2.45, 2.75) is 32.7 Å². The molecule has 6 heteroatoms. The summed E-state index contributed by atoms with van der Waals surface area (Å²) in [4.78, 5) is 25.9. The van der Waals surface area contributed by atoms with Crippen LogP contribution in [0.1, 0.15) is 26.7 Å². The molecule has 1 fully saturated rings. The van der Waals surface area contributed by atoms with Gasteiger partial charge in [0.2, 0.25) is 5.91 Å². The van der Waals surface area contributed by atoms with Gasteiger partial charge in [0.15, 0.2) is 0 Å². The number of carbonyl (C=O) groups is 2. The predicted molar refractivity (Wildman–Crippen MR) is 83.0 cm³/mol. The maximum Gasteiger partial charge on any atom is 0.321 e. The van der Waals surface area contributed by atoms with Gasteiger partial charge in [-0.15, -0.1) is 0 Å². The standard InChI is InChI=1S/C16H22FN3O2/c1-11(2)18-15(21)12-4-3-9-20(10-12)16(22)19-14-7-5-13(17)6-8-14/h5-8,11-12H,3-4,9-10H2,1-2H3,(H,18,21)(H,19,22)/t12-/m0/s1. The highest BCUT2D eigenvalue weighted by Gasteiger charge is 2.28. The second-order valence-corrected chi connectivity index (χ2v) is 5.89. The molecule has 0 radical (unpaired) electrons. The molecule has 1 aromatic rings. The summed E-state index contributed by atoms with van der Waals surface area (Å²) in [6, 6.07) is 5.46. The van der Waals surface area contributed by atoms with Crippen LogP contribution in [-0.2, 0) is 4.79 Å². The maximum atomic E-state index is 12.9. The highest BCUT2D eigenvalue weighted by Crippen LogP contribution is 2.18. The van der Waals surface area contributed by atoms with E-state index in [1.807, 2.05) is 13.8 Å². The summed E-state index contributed by atoms with van der Waals surface area (Å²) in [5.41, 5.74) is 0.542. The van der Waals surface area contributed by atoms with Gasteiger partial charge in [0.05, 0.1) is 5.92 Å². The summed E-state index contributed by atoms with van der Waals surface area (Å²) in [5.74, 6) is -0.522. The molecule has 1 aliphatic rings. The third-order valence-electron chi connectivity index (χ3n) is 3.61. The number of carbonyl (C=O) groups excluding carboxylic acids is 2. The number of nitrogens with one attached hydrogen (secondary N) is 2. The minimum absolute atomic E-state index is 0.00529. The second-order valence-electron chi connectivity index (χ2n) is 5.89. The van der Waals surface area contributed by atoms with E-state index < -0.39 is 0 Å². The Morgan fingerprint density at radius 3 is 2.59 bits per heavy atom. The van der Waals surface area contributed by atoms with Gasteiger partial charge in [-0.1, -0.05) is 0 Å². The number of rotatable bonds is 3. The molecule has 0 saturated carbocycles. The van der Waals surface area contributed by atoms with E-state index in [-0.39, 0.29) is 29.7 Å². The van der Waals surface area contributed by atoms with Crippen molar-refractivity contribution in [2.75, 3.05) is 18.4 Å². The normalized spacial score (nSPS) is 18.2. The minimum atomic E-state index is -0.346. The zero-order valence-corrected chi connectivity index (χ0v) is 12.9. The molecule has 120 valence electrons. The van der Waals surface area contributed by atoms with E-state index in [1.165, 1.54) is 24.3 Å². The Morgan fingerprint density at radius 2 is 1.95 bits per heavy atom. The van der Waals surface area contributed by atoms with Crippen molar-refractivity contribution in [3.05, 3.63) is 30.1 Å². The number of halogens is 1. The first kappa shape index (κ1) is 16.3. The van der Waals surface area contributed by atoms with Gasteiger partial charge < -0.3 is 15.5 Å². The van der Waals surface area contributed by atoms with Gasteiger partial charge >= 0.3 is 6.03 Å². The van der Waals surface area contributed by atoms with Crippen molar-refractivity contribution >= 4 is 17.6 Å². The summed E-state index contributed by atoms with van der Waals surface area (Å²) < 4.78 is 12.9. The third kappa shape index (κ3) is 4.44.